The minimum atomic E-state index is -5.85. The summed E-state index contributed by atoms with van der Waals surface area (Å²) >= 11 is 5.63. The van der Waals surface area contributed by atoms with Crippen LogP contribution in [0.2, 0.25) is 0 Å². The minimum Gasteiger partial charge on any atom is -0.497 e. The summed E-state index contributed by atoms with van der Waals surface area (Å²) in [5.74, 6) is 1.12. The first kappa shape index (κ1) is 35.4. The van der Waals surface area contributed by atoms with E-state index in [0.717, 1.165) is 33.9 Å². The second kappa shape index (κ2) is 15.4. The van der Waals surface area contributed by atoms with E-state index in [4.69, 9.17) is 21.7 Å². The summed E-state index contributed by atoms with van der Waals surface area (Å²) in [6.45, 7) is 5.39. The second-order valence-electron chi connectivity index (χ2n) is 10.7. The average molecular weight is 676 g/mol. The van der Waals surface area contributed by atoms with Gasteiger partial charge in [0.05, 0.1) is 25.9 Å². The van der Waals surface area contributed by atoms with Crippen LogP contribution in [0.4, 0.5) is 27.9 Å². The number of anilines is 1. The number of thiocarbonyl (C=S) groups is 1. The number of rotatable bonds is 15. The highest BCUT2D eigenvalue weighted by Gasteiger charge is 2.61. The van der Waals surface area contributed by atoms with Gasteiger partial charge in [-0.1, -0.05) is 56.4 Å². The van der Waals surface area contributed by atoms with Crippen molar-refractivity contribution in [3.8, 4) is 28.6 Å². The van der Waals surface area contributed by atoms with Gasteiger partial charge in [0.1, 0.15) is 11.5 Å². The van der Waals surface area contributed by atoms with E-state index in [9.17, 15) is 22.0 Å². The summed E-state index contributed by atoms with van der Waals surface area (Å²) in [5.41, 5.74) is 4.21. The van der Waals surface area contributed by atoms with E-state index in [1.54, 1.807) is 13.3 Å². The van der Waals surface area contributed by atoms with Crippen molar-refractivity contribution in [2.45, 2.75) is 38.5 Å². The molecule has 0 aliphatic carbocycles. The Labute approximate surface area is 274 Å². The largest absolute Gasteiger partial charge is 0.499 e. The van der Waals surface area contributed by atoms with Crippen LogP contribution >= 0.6 is 12.2 Å². The lowest BCUT2D eigenvalue weighted by molar-refractivity contribution is -0.360. The molecular formula is C33H34F5N5O3S. The molecule has 0 bridgehead atoms. The van der Waals surface area contributed by atoms with Crippen LogP contribution in [0, 0.1) is 0 Å². The van der Waals surface area contributed by atoms with Crippen molar-refractivity contribution >= 4 is 29.2 Å². The number of halogens is 5. The maximum absolute atomic E-state index is 13.3. The smallest absolute Gasteiger partial charge is 0.497 e. The number of alkyl halides is 5. The van der Waals surface area contributed by atoms with Gasteiger partial charge in [0.15, 0.2) is 5.82 Å². The third-order valence-electron chi connectivity index (χ3n) is 6.89. The number of nitrogens with one attached hydrogen (secondary N) is 1. The van der Waals surface area contributed by atoms with Gasteiger partial charge in [-0.3, -0.25) is 4.99 Å². The lowest BCUT2D eigenvalue weighted by Gasteiger charge is -2.20. The molecule has 4 aromatic rings. The predicted octanol–water partition coefficient (Wildman–Crippen LogP) is 7.69. The van der Waals surface area contributed by atoms with E-state index in [0.29, 0.717) is 55.1 Å². The van der Waals surface area contributed by atoms with Crippen LogP contribution in [0.5, 0.6) is 11.5 Å². The monoisotopic (exact) mass is 675 g/mol. The van der Waals surface area contributed by atoms with Gasteiger partial charge in [-0.25, -0.2) is 0 Å². The molecule has 0 aliphatic heterocycles. The number of benzene rings is 3. The molecule has 0 amide bonds. The highest BCUT2D eigenvalue weighted by molar-refractivity contribution is 7.80. The van der Waals surface area contributed by atoms with Gasteiger partial charge < -0.3 is 19.5 Å². The first-order valence-corrected chi connectivity index (χ1v) is 14.9. The van der Waals surface area contributed by atoms with Gasteiger partial charge in [-0.2, -0.15) is 31.6 Å². The number of hydrogen-bond donors (Lipinski definition) is 1. The second-order valence-corrected chi connectivity index (χ2v) is 11.3. The lowest BCUT2D eigenvalue weighted by atomic mass is 9.94. The van der Waals surface area contributed by atoms with Crippen molar-refractivity contribution in [1.29, 1.82) is 0 Å². The van der Waals surface area contributed by atoms with E-state index in [2.05, 4.69) is 45.0 Å². The number of hydrogen-bond acceptors (Lipinski definition) is 8. The zero-order valence-electron chi connectivity index (χ0n) is 26.1. The Morgan fingerprint density at radius 3 is 2.28 bits per heavy atom. The number of nitrogens with zero attached hydrogens (tertiary/aromatic N) is 4. The lowest BCUT2D eigenvalue weighted by Crippen LogP contribution is -2.41. The van der Waals surface area contributed by atoms with E-state index < -0.39 is 18.0 Å². The summed E-state index contributed by atoms with van der Waals surface area (Å²) in [6, 6.07) is 18.0. The Bertz CT molecular complexity index is 1670. The molecule has 1 N–H and O–H groups in total. The van der Waals surface area contributed by atoms with Crippen molar-refractivity contribution in [2.24, 2.45) is 4.99 Å². The third-order valence-corrected chi connectivity index (χ3v) is 7.16. The van der Waals surface area contributed by atoms with Crippen LogP contribution in [0.25, 0.3) is 17.1 Å². The summed E-state index contributed by atoms with van der Waals surface area (Å²) in [5, 5.41) is 7.62. The third kappa shape index (κ3) is 9.32. The van der Waals surface area contributed by atoms with E-state index in [-0.39, 0.29) is 0 Å². The van der Waals surface area contributed by atoms with Crippen molar-refractivity contribution < 1.29 is 36.2 Å². The van der Waals surface area contributed by atoms with Crippen molar-refractivity contribution in [2.75, 3.05) is 39.2 Å². The van der Waals surface area contributed by atoms with Gasteiger partial charge in [0.25, 0.3) is 0 Å². The Morgan fingerprint density at radius 2 is 1.66 bits per heavy atom. The van der Waals surface area contributed by atoms with Crippen LogP contribution in [-0.4, -0.2) is 72.0 Å². The molecule has 1 aromatic heterocycles. The Morgan fingerprint density at radius 1 is 0.979 bits per heavy atom. The molecule has 0 atom stereocenters. The molecular weight excluding hydrogens is 641 g/mol. The first-order valence-electron chi connectivity index (χ1n) is 14.5. The quantitative estimate of drug-likeness (QED) is 0.0599. The number of ether oxygens (including phenoxy) is 3. The van der Waals surface area contributed by atoms with Crippen LogP contribution in [0.1, 0.15) is 36.5 Å². The van der Waals surface area contributed by atoms with Gasteiger partial charge >= 0.3 is 12.3 Å². The molecule has 0 saturated carbocycles. The van der Waals surface area contributed by atoms with E-state index in [1.807, 2.05) is 36.4 Å². The van der Waals surface area contributed by atoms with Gasteiger partial charge in [0, 0.05) is 36.7 Å². The molecule has 0 aliphatic rings. The maximum Gasteiger partial charge on any atom is 0.499 e. The Kier molecular flexibility index (Phi) is 11.6. The number of methoxy groups -OCH3 is 2. The molecule has 0 fully saturated rings. The molecule has 47 heavy (non-hydrogen) atoms. The fraction of sp³-hybridized carbons (Fsp3) is 0.333. The summed E-state index contributed by atoms with van der Waals surface area (Å²) in [4.78, 5) is 9.88. The molecule has 4 rings (SSSR count). The molecule has 250 valence electrons. The van der Waals surface area contributed by atoms with Crippen LogP contribution < -0.4 is 14.8 Å². The normalized spacial score (nSPS) is 12.1. The Balaban J connectivity index is 1.46. The van der Waals surface area contributed by atoms with E-state index >= 15 is 0 Å². The van der Waals surface area contributed by atoms with Gasteiger partial charge in [-0.05, 0) is 59.0 Å². The minimum absolute atomic E-state index is 0.308. The summed E-state index contributed by atoms with van der Waals surface area (Å²) in [7, 11) is 3.17. The molecule has 0 saturated heterocycles. The standard InChI is InChI=1S/C33H34F5N5O3S/c1-21(2)29-14-13-27(45-4)17-24(29)18-28(47)20-39-19-22-5-7-23(8-6-22)30-41-31(40-15-16-44-3)43(42-30)25-9-11-26(12-10-25)46-33(37,38)32(34,35)36/h5-14,17,19,21H,15-16,18,20H2,1-4H3,(H,40,41,42). The molecule has 1 heterocycles. The molecule has 0 unspecified atom stereocenters. The predicted molar refractivity (Wildman–Crippen MR) is 175 cm³/mol. The average Bonchev–Trinajstić information content (AvgIpc) is 3.45. The van der Waals surface area contributed by atoms with Crippen molar-refractivity contribution in [3.05, 3.63) is 83.4 Å². The van der Waals surface area contributed by atoms with Crippen molar-refractivity contribution in [1.82, 2.24) is 14.8 Å². The Hall–Kier alpha value is -4.43. The summed E-state index contributed by atoms with van der Waals surface area (Å²) in [6.07, 6.45) is -8.84. The highest BCUT2D eigenvalue weighted by Crippen LogP contribution is 2.37. The van der Waals surface area contributed by atoms with Gasteiger partial charge in [0.2, 0.25) is 5.95 Å². The zero-order chi connectivity index (χ0) is 34.2. The molecule has 8 nitrogen and oxygen atoms in total. The van der Waals surface area contributed by atoms with Crippen LogP contribution in [0.15, 0.2) is 71.7 Å². The zero-order valence-corrected chi connectivity index (χ0v) is 27.0. The maximum atomic E-state index is 13.3. The first-order chi connectivity index (χ1) is 22.3. The fourth-order valence-electron chi connectivity index (χ4n) is 4.52. The van der Waals surface area contributed by atoms with Crippen LogP contribution in [0.3, 0.4) is 0 Å². The number of aliphatic imine (C=N–C) groups is 1. The van der Waals surface area contributed by atoms with Gasteiger partial charge in [-0.15, -0.1) is 5.10 Å². The SMILES string of the molecule is COCCNc1nc(-c2ccc(C=NCC(=S)Cc3cc(OC)ccc3C(C)C)cc2)nn1-c1ccc(OC(F)(F)C(F)(F)F)cc1. The molecule has 3 aromatic carbocycles. The molecule has 14 heteroatoms. The number of aromatic nitrogens is 3. The summed E-state index contributed by atoms with van der Waals surface area (Å²) < 4.78 is 80.0. The topological polar surface area (TPSA) is 82.8 Å². The van der Waals surface area contributed by atoms with E-state index in [1.165, 1.54) is 29.5 Å². The van der Waals surface area contributed by atoms with Crippen LogP contribution in [-0.2, 0) is 11.2 Å². The van der Waals surface area contributed by atoms with Crippen molar-refractivity contribution in [3.63, 3.8) is 0 Å². The molecule has 0 spiro atoms. The highest BCUT2D eigenvalue weighted by atomic mass is 32.1. The molecule has 0 radical (unpaired) electrons. The fourth-order valence-corrected chi connectivity index (χ4v) is 4.75.